The van der Waals surface area contributed by atoms with Gasteiger partial charge < -0.3 is 23.3 Å². The van der Waals surface area contributed by atoms with Crippen LogP contribution < -0.4 is 0 Å². The maximum atomic E-state index is 12.2. The topological polar surface area (TPSA) is 94.5 Å². The van der Waals surface area contributed by atoms with E-state index in [0.717, 1.165) is 5.06 Å². The largest absolute Gasteiger partial charge is 0.332 e. The van der Waals surface area contributed by atoms with Crippen LogP contribution in [0.4, 0.5) is 0 Å². The third-order valence-electron chi connectivity index (χ3n) is 2.57. The molecule has 0 unspecified atom stereocenters. The van der Waals surface area contributed by atoms with Crippen LogP contribution in [0, 0.1) is 0 Å². The van der Waals surface area contributed by atoms with Crippen LogP contribution in [0.1, 0.15) is 27.7 Å². The minimum atomic E-state index is -3.20. The van der Waals surface area contributed by atoms with Crippen molar-refractivity contribution in [3.63, 3.8) is 0 Å². The standard InChI is InChI=1S/C12H29NO7P2/c1-5-17-21(15,18-6-2)11-9-13(14)10-12-22(16,19-7-3)20-8-4/h14H,5-12H2,1-4H3. The summed E-state index contributed by atoms with van der Waals surface area (Å²) in [6.45, 7) is 8.14. The Labute approximate surface area is 133 Å². The Morgan fingerprint density at radius 1 is 0.727 bits per heavy atom. The average molecular weight is 361 g/mol. The lowest BCUT2D eigenvalue weighted by Crippen LogP contribution is -2.27. The summed E-state index contributed by atoms with van der Waals surface area (Å²) in [5.41, 5.74) is 0. The van der Waals surface area contributed by atoms with E-state index in [-0.39, 0.29) is 51.8 Å². The monoisotopic (exact) mass is 361 g/mol. The Hall–Kier alpha value is 0.220. The van der Waals surface area contributed by atoms with Crippen molar-refractivity contribution in [3.05, 3.63) is 0 Å². The first-order chi connectivity index (χ1) is 10.3. The molecule has 0 saturated carbocycles. The lowest BCUT2D eigenvalue weighted by Gasteiger charge is -2.22. The molecule has 0 radical (unpaired) electrons. The first-order valence-electron chi connectivity index (χ1n) is 7.54. The van der Waals surface area contributed by atoms with Crippen LogP contribution in [0.2, 0.25) is 0 Å². The highest BCUT2D eigenvalue weighted by Gasteiger charge is 2.27. The van der Waals surface area contributed by atoms with Gasteiger partial charge in [0.25, 0.3) is 0 Å². The van der Waals surface area contributed by atoms with Crippen molar-refractivity contribution in [2.24, 2.45) is 0 Å². The van der Waals surface area contributed by atoms with Crippen LogP contribution in [-0.2, 0) is 27.2 Å². The number of rotatable bonds is 14. The summed E-state index contributed by atoms with van der Waals surface area (Å²) in [5.74, 6) is 0. The fraction of sp³-hybridized carbons (Fsp3) is 1.00. The SMILES string of the molecule is CCOP(=O)(CCN(O)CCP(=O)(OCC)OCC)OCC. The second kappa shape index (κ2) is 11.7. The third kappa shape index (κ3) is 9.38. The molecule has 0 aliphatic heterocycles. The third-order valence-corrected chi connectivity index (χ3v) is 6.67. The van der Waals surface area contributed by atoms with Gasteiger partial charge in [0.15, 0.2) is 0 Å². The van der Waals surface area contributed by atoms with Gasteiger partial charge in [0.05, 0.1) is 38.8 Å². The van der Waals surface area contributed by atoms with Gasteiger partial charge in [-0.2, -0.15) is 5.06 Å². The zero-order valence-electron chi connectivity index (χ0n) is 13.9. The van der Waals surface area contributed by atoms with Gasteiger partial charge in [0, 0.05) is 13.1 Å². The maximum Gasteiger partial charge on any atom is 0.332 e. The number of nitrogens with zero attached hydrogens (tertiary/aromatic N) is 1. The molecule has 0 aliphatic rings. The quantitative estimate of drug-likeness (QED) is 0.372. The van der Waals surface area contributed by atoms with Crippen LogP contribution in [0.3, 0.4) is 0 Å². The molecule has 0 aliphatic carbocycles. The number of hydrogen-bond donors (Lipinski definition) is 1. The molecule has 0 fully saturated rings. The van der Waals surface area contributed by atoms with E-state index >= 15 is 0 Å². The van der Waals surface area contributed by atoms with Crippen molar-refractivity contribution >= 4 is 15.2 Å². The van der Waals surface area contributed by atoms with E-state index in [1.165, 1.54) is 0 Å². The van der Waals surface area contributed by atoms with Crippen LogP contribution in [0.25, 0.3) is 0 Å². The number of hydrogen-bond acceptors (Lipinski definition) is 8. The summed E-state index contributed by atoms with van der Waals surface area (Å²) in [7, 11) is -6.39. The van der Waals surface area contributed by atoms with Gasteiger partial charge in [-0.15, -0.1) is 0 Å². The summed E-state index contributed by atoms with van der Waals surface area (Å²) in [6.07, 6.45) is 0.109. The van der Waals surface area contributed by atoms with Gasteiger partial charge in [0.1, 0.15) is 0 Å². The van der Waals surface area contributed by atoms with Crippen molar-refractivity contribution < 1.29 is 32.4 Å². The highest BCUT2D eigenvalue weighted by atomic mass is 31.2. The van der Waals surface area contributed by atoms with E-state index in [2.05, 4.69) is 0 Å². The number of hydroxylamine groups is 2. The van der Waals surface area contributed by atoms with Crippen LogP contribution in [-0.4, -0.2) is 62.1 Å². The summed E-state index contributed by atoms with van der Waals surface area (Å²) in [4.78, 5) is 0. The van der Waals surface area contributed by atoms with Crippen molar-refractivity contribution in [3.8, 4) is 0 Å². The Balaban J connectivity index is 4.34. The van der Waals surface area contributed by atoms with Gasteiger partial charge in [-0.1, -0.05) is 0 Å². The molecular formula is C12H29NO7P2. The molecule has 10 heteroatoms. The van der Waals surface area contributed by atoms with Gasteiger partial charge >= 0.3 is 15.2 Å². The molecule has 0 aromatic carbocycles. The van der Waals surface area contributed by atoms with E-state index in [9.17, 15) is 14.3 Å². The van der Waals surface area contributed by atoms with Crippen molar-refractivity contribution in [2.75, 3.05) is 51.8 Å². The van der Waals surface area contributed by atoms with Gasteiger partial charge in [0.2, 0.25) is 0 Å². The smallest absolute Gasteiger partial charge is 0.314 e. The van der Waals surface area contributed by atoms with Crippen LogP contribution >= 0.6 is 15.2 Å². The second-order valence-corrected chi connectivity index (χ2v) is 8.66. The lowest BCUT2D eigenvalue weighted by atomic mass is 10.6. The molecule has 0 spiro atoms. The predicted octanol–water partition coefficient (Wildman–Crippen LogP) is 3.21. The first-order valence-corrected chi connectivity index (χ1v) is 11.0. The molecule has 0 aromatic heterocycles. The lowest BCUT2D eigenvalue weighted by molar-refractivity contribution is -0.0817. The zero-order valence-corrected chi connectivity index (χ0v) is 15.7. The molecule has 0 amide bonds. The predicted molar refractivity (Wildman–Crippen MR) is 84.8 cm³/mol. The van der Waals surface area contributed by atoms with Crippen molar-refractivity contribution in [1.82, 2.24) is 5.06 Å². The van der Waals surface area contributed by atoms with Gasteiger partial charge in [-0.3, -0.25) is 9.13 Å². The molecule has 0 bridgehead atoms. The molecule has 8 nitrogen and oxygen atoms in total. The van der Waals surface area contributed by atoms with Gasteiger partial charge in [-0.05, 0) is 27.7 Å². The van der Waals surface area contributed by atoms with E-state index in [4.69, 9.17) is 18.1 Å². The molecule has 0 atom stereocenters. The summed E-state index contributed by atoms with van der Waals surface area (Å²) in [6, 6.07) is 0. The van der Waals surface area contributed by atoms with Crippen LogP contribution in [0.15, 0.2) is 0 Å². The van der Waals surface area contributed by atoms with Gasteiger partial charge in [-0.25, -0.2) is 0 Å². The highest BCUT2D eigenvalue weighted by molar-refractivity contribution is 7.54. The minimum Gasteiger partial charge on any atom is -0.314 e. The second-order valence-electron chi connectivity index (χ2n) is 4.29. The first kappa shape index (κ1) is 22.2. The maximum absolute atomic E-state index is 12.2. The van der Waals surface area contributed by atoms with Crippen molar-refractivity contribution in [2.45, 2.75) is 27.7 Å². The Morgan fingerprint density at radius 2 is 1.00 bits per heavy atom. The fourth-order valence-corrected chi connectivity index (χ4v) is 4.90. The van der Waals surface area contributed by atoms with E-state index < -0.39 is 15.2 Å². The fourth-order valence-electron chi connectivity index (χ4n) is 1.71. The molecule has 0 heterocycles. The highest BCUT2D eigenvalue weighted by Crippen LogP contribution is 2.49. The molecule has 0 saturated heterocycles. The minimum absolute atomic E-state index is 0.0543. The average Bonchev–Trinajstić information content (AvgIpc) is 2.44. The molecule has 0 rings (SSSR count). The van der Waals surface area contributed by atoms with Crippen molar-refractivity contribution in [1.29, 1.82) is 0 Å². The summed E-state index contributed by atoms with van der Waals surface area (Å²) in [5, 5.41) is 10.7. The van der Waals surface area contributed by atoms with E-state index in [1.807, 2.05) is 0 Å². The Kier molecular flexibility index (Phi) is 11.8. The van der Waals surface area contributed by atoms with E-state index in [1.54, 1.807) is 27.7 Å². The normalized spacial score (nSPS) is 13.0. The van der Waals surface area contributed by atoms with Crippen LogP contribution in [0.5, 0.6) is 0 Å². The Bertz CT molecular complexity index is 326. The Morgan fingerprint density at radius 3 is 1.23 bits per heavy atom. The molecule has 1 N–H and O–H groups in total. The summed E-state index contributed by atoms with van der Waals surface area (Å²) < 4.78 is 45.0. The van der Waals surface area contributed by atoms with E-state index in [0.29, 0.717) is 0 Å². The molecular weight excluding hydrogens is 332 g/mol. The molecule has 0 aromatic rings. The zero-order chi connectivity index (χ0) is 17.1. The summed E-state index contributed by atoms with van der Waals surface area (Å²) >= 11 is 0. The molecule has 134 valence electrons. The molecule has 22 heavy (non-hydrogen) atoms.